The highest BCUT2D eigenvalue weighted by Gasteiger charge is 2.36. The van der Waals surface area contributed by atoms with Crippen LogP contribution in [0.2, 0.25) is 0 Å². The molecule has 0 spiro atoms. The lowest BCUT2D eigenvalue weighted by Gasteiger charge is -2.47. The first-order valence-electron chi connectivity index (χ1n) is 7.62. The minimum absolute atomic E-state index is 0.0698. The van der Waals surface area contributed by atoms with Crippen molar-refractivity contribution >= 4 is 11.6 Å². The smallest absolute Gasteiger partial charge is 0.251 e. The van der Waals surface area contributed by atoms with E-state index >= 15 is 0 Å². The maximum atomic E-state index is 13.4. The summed E-state index contributed by atoms with van der Waals surface area (Å²) < 4.78 is 13.4. The third-order valence-corrected chi connectivity index (χ3v) is 4.94. The molecular formula is C16H22FN3O. The van der Waals surface area contributed by atoms with Crippen molar-refractivity contribution in [3.63, 3.8) is 0 Å². The summed E-state index contributed by atoms with van der Waals surface area (Å²) in [5.74, 6) is -0.746. The molecule has 5 heteroatoms. The van der Waals surface area contributed by atoms with E-state index in [0.29, 0.717) is 17.6 Å². The molecule has 4 nitrogen and oxygen atoms in total. The lowest BCUT2D eigenvalue weighted by atomic mass is 9.82. The third kappa shape index (κ3) is 2.88. The zero-order valence-electron chi connectivity index (χ0n) is 12.3. The molecule has 0 aliphatic carbocycles. The van der Waals surface area contributed by atoms with Gasteiger partial charge in [0.05, 0.1) is 5.69 Å². The first-order chi connectivity index (χ1) is 10.0. The van der Waals surface area contributed by atoms with Gasteiger partial charge < -0.3 is 16.0 Å². The molecule has 3 N–H and O–H groups in total. The molecule has 2 aliphatic rings. The van der Waals surface area contributed by atoms with E-state index in [1.807, 2.05) is 0 Å². The predicted molar refractivity (Wildman–Crippen MR) is 80.5 cm³/mol. The van der Waals surface area contributed by atoms with Crippen molar-refractivity contribution in [1.29, 1.82) is 0 Å². The lowest BCUT2D eigenvalue weighted by Crippen LogP contribution is -2.55. The van der Waals surface area contributed by atoms with E-state index in [-0.39, 0.29) is 17.6 Å². The van der Waals surface area contributed by atoms with Crippen molar-refractivity contribution in [3.05, 3.63) is 29.6 Å². The van der Waals surface area contributed by atoms with Gasteiger partial charge in [-0.3, -0.25) is 4.79 Å². The number of anilines is 1. The lowest BCUT2D eigenvalue weighted by molar-refractivity contribution is 0.0463. The van der Waals surface area contributed by atoms with Crippen LogP contribution >= 0.6 is 0 Å². The second-order valence-corrected chi connectivity index (χ2v) is 6.28. The number of carbonyl (C=O) groups is 1. The van der Waals surface area contributed by atoms with Crippen molar-refractivity contribution in [2.45, 2.75) is 50.2 Å². The van der Waals surface area contributed by atoms with Gasteiger partial charge in [-0.1, -0.05) is 6.42 Å². The van der Waals surface area contributed by atoms with Gasteiger partial charge in [0.25, 0.3) is 5.91 Å². The van der Waals surface area contributed by atoms with Crippen LogP contribution in [0.1, 0.15) is 42.5 Å². The Kier molecular flexibility index (Phi) is 3.85. The number of fused-ring (bicyclic) bond motifs is 2. The maximum Gasteiger partial charge on any atom is 0.251 e. The number of hydrogen-bond donors (Lipinski definition) is 2. The van der Waals surface area contributed by atoms with Crippen LogP contribution in [0.25, 0.3) is 0 Å². The van der Waals surface area contributed by atoms with Gasteiger partial charge in [-0.25, -0.2) is 4.39 Å². The number of piperidine rings is 2. The van der Waals surface area contributed by atoms with E-state index in [2.05, 4.69) is 17.3 Å². The van der Waals surface area contributed by atoms with Gasteiger partial charge in [0, 0.05) is 23.7 Å². The zero-order chi connectivity index (χ0) is 15.0. The monoisotopic (exact) mass is 291 g/mol. The summed E-state index contributed by atoms with van der Waals surface area (Å²) in [6.07, 6.45) is 5.65. The van der Waals surface area contributed by atoms with E-state index in [9.17, 15) is 9.18 Å². The van der Waals surface area contributed by atoms with Crippen molar-refractivity contribution in [2.24, 2.45) is 0 Å². The summed E-state index contributed by atoms with van der Waals surface area (Å²) in [5, 5.41) is 3.06. The molecule has 3 rings (SSSR count). The molecule has 2 heterocycles. The number of amides is 1. The van der Waals surface area contributed by atoms with Crippen LogP contribution in [-0.4, -0.2) is 36.0 Å². The number of carbonyl (C=O) groups excluding carboxylic acids is 1. The molecule has 1 amide bonds. The summed E-state index contributed by atoms with van der Waals surface area (Å²) in [6, 6.07) is 5.53. The average Bonchev–Trinajstić information content (AvgIpc) is 2.43. The van der Waals surface area contributed by atoms with Crippen LogP contribution in [0, 0.1) is 5.82 Å². The summed E-state index contributed by atoms with van der Waals surface area (Å²) >= 11 is 0. The van der Waals surface area contributed by atoms with Gasteiger partial charge in [-0.05, 0) is 50.9 Å². The van der Waals surface area contributed by atoms with Crippen LogP contribution in [0.5, 0.6) is 0 Å². The molecular weight excluding hydrogens is 269 g/mol. The Hall–Kier alpha value is -1.62. The Morgan fingerprint density at radius 2 is 2.00 bits per heavy atom. The van der Waals surface area contributed by atoms with Crippen LogP contribution < -0.4 is 11.1 Å². The van der Waals surface area contributed by atoms with Gasteiger partial charge >= 0.3 is 0 Å². The highest BCUT2D eigenvalue weighted by molar-refractivity contribution is 5.94. The van der Waals surface area contributed by atoms with E-state index < -0.39 is 5.82 Å². The summed E-state index contributed by atoms with van der Waals surface area (Å²) in [4.78, 5) is 14.7. The quantitative estimate of drug-likeness (QED) is 0.821. The molecule has 1 aromatic rings. The SMILES string of the molecule is CN1[C@@H]2CCC[C@H]1C[C@H](NC(=O)c1ccc(N)c(F)c1)C2. The number of nitrogen functional groups attached to an aromatic ring is 1. The molecule has 3 atom stereocenters. The number of nitrogens with one attached hydrogen (secondary N) is 1. The van der Waals surface area contributed by atoms with Gasteiger partial charge in [-0.15, -0.1) is 0 Å². The molecule has 0 aromatic heterocycles. The fourth-order valence-corrected chi connectivity index (χ4v) is 3.67. The zero-order valence-corrected chi connectivity index (χ0v) is 12.3. The summed E-state index contributed by atoms with van der Waals surface area (Å²) in [7, 11) is 2.18. The minimum Gasteiger partial charge on any atom is -0.396 e. The second-order valence-electron chi connectivity index (χ2n) is 6.28. The highest BCUT2D eigenvalue weighted by atomic mass is 19.1. The second kappa shape index (κ2) is 5.64. The third-order valence-electron chi connectivity index (χ3n) is 4.94. The van der Waals surface area contributed by atoms with Crippen LogP contribution in [-0.2, 0) is 0 Å². The number of hydrogen-bond acceptors (Lipinski definition) is 3. The molecule has 2 saturated heterocycles. The summed E-state index contributed by atoms with van der Waals surface area (Å²) in [6.45, 7) is 0. The van der Waals surface area contributed by atoms with Crippen molar-refractivity contribution in [1.82, 2.24) is 10.2 Å². The highest BCUT2D eigenvalue weighted by Crippen LogP contribution is 2.32. The van der Waals surface area contributed by atoms with E-state index in [1.54, 1.807) is 6.07 Å². The number of halogens is 1. The summed E-state index contributed by atoms with van der Waals surface area (Å²) in [5.41, 5.74) is 5.85. The Morgan fingerprint density at radius 3 is 2.62 bits per heavy atom. The van der Waals surface area contributed by atoms with Crippen LogP contribution in [0.4, 0.5) is 10.1 Å². The van der Waals surface area contributed by atoms with Crippen molar-refractivity contribution in [2.75, 3.05) is 12.8 Å². The maximum absolute atomic E-state index is 13.4. The molecule has 2 aliphatic heterocycles. The Morgan fingerprint density at radius 1 is 1.33 bits per heavy atom. The van der Waals surface area contributed by atoms with E-state index in [4.69, 9.17) is 5.73 Å². The standard InChI is InChI=1S/C16H22FN3O/c1-20-12-3-2-4-13(20)9-11(8-12)19-16(21)10-5-6-15(18)14(17)7-10/h5-7,11-13H,2-4,8-9,18H2,1H3,(H,19,21)/t11-,12-,13+. The predicted octanol–water partition coefficient (Wildman–Crippen LogP) is 2.15. The van der Waals surface area contributed by atoms with Gasteiger partial charge in [0.1, 0.15) is 5.82 Å². The fraction of sp³-hybridized carbons (Fsp3) is 0.562. The van der Waals surface area contributed by atoms with Crippen molar-refractivity contribution in [3.8, 4) is 0 Å². The average molecular weight is 291 g/mol. The van der Waals surface area contributed by atoms with Crippen LogP contribution in [0.3, 0.4) is 0 Å². The van der Waals surface area contributed by atoms with Gasteiger partial charge in [-0.2, -0.15) is 0 Å². The molecule has 1 aromatic carbocycles. The first kappa shape index (κ1) is 14.3. The number of rotatable bonds is 2. The Bertz CT molecular complexity index is 534. The molecule has 114 valence electrons. The molecule has 2 bridgehead atoms. The molecule has 21 heavy (non-hydrogen) atoms. The Balaban J connectivity index is 1.66. The minimum atomic E-state index is -0.539. The number of nitrogens with zero attached hydrogens (tertiary/aromatic N) is 1. The van der Waals surface area contributed by atoms with E-state index in [1.165, 1.54) is 31.4 Å². The largest absolute Gasteiger partial charge is 0.396 e. The van der Waals surface area contributed by atoms with E-state index in [0.717, 1.165) is 12.8 Å². The molecule has 0 radical (unpaired) electrons. The molecule has 2 fully saturated rings. The number of benzene rings is 1. The number of nitrogens with two attached hydrogens (primary N) is 1. The molecule has 0 saturated carbocycles. The molecule has 0 unspecified atom stereocenters. The first-order valence-corrected chi connectivity index (χ1v) is 7.62. The Labute approximate surface area is 124 Å². The topological polar surface area (TPSA) is 58.4 Å². The van der Waals surface area contributed by atoms with Gasteiger partial charge in [0.2, 0.25) is 0 Å². The fourth-order valence-electron chi connectivity index (χ4n) is 3.67. The van der Waals surface area contributed by atoms with Gasteiger partial charge in [0.15, 0.2) is 0 Å². The normalized spacial score (nSPS) is 29.1. The van der Waals surface area contributed by atoms with Crippen LogP contribution in [0.15, 0.2) is 18.2 Å². The van der Waals surface area contributed by atoms with Crippen molar-refractivity contribution < 1.29 is 9.18 Å².